The number of ether oxygens (including phenoxy) is 1. The molecule has 19 heavy (non-hydrogen) atoms. The molecule has 1 aromatic heterocycles. The third-order valence-electron chi connectivity index (χ3n) is 2.53. The fourth-order valence-corrected chi connectivity index (χ4v) is 1.90. The summed E-state index contributed by atoms with van der Waals surface area (Å²) in [7, 11) is 3.70. The van der Waals surface area contributed by atoms with Crippen LogP contribution in [0.15, 0.2) is 6.07 Å². The number of nitrogens with one attached hydrogen (secondary N) is 2. The Kier molecular flexibility index (Phi) is 7.19. The van der Waals surface area contributed by atoms with Crippen LogP contribution in [0.3, 0.4) is 0 Å². The van der Waals surface area contributed by atoms with Gasteiger partial charge in [0.05, 0.1) is 16.7 Å². The summed E-state index contributed by atoms with van der Waals surface area (Å²) in [6.45, 7) is 3.13. The number of likely N-dealkylation sites (N-methyl/N-ethyl adjacent to an activating group) is 1. The number of methoxy groups -OCH3 is 1. The lowest BCUT2D eigenvalue weighted by atomic mass is 10.4. The van der Waals surface area contributed by atoms with Crippen LogP contribution in [0.2, 0.25) is 10.0 Å². The minimum absolute atomic E-state index is 0.385. The monoisotopic (exact) mass is 307 g/mol. The number of anilines is 2. The molecule has 0 atom stereocenters. The SMILES string of the molecule is COCCN(C)CCNc1nc(NN)c(Cl)cc1Cl. The molecule has 0 aromatic carbocycles. The van der Waals surface area contributed by atoms with Gasteiger partial charge in [-0.15, -0.1) is 0 Å². The number of rotatable bonds is 8. The minimum Gasteiger partial charge on any atom is -0.383 e. The van der Waals surface area contributed by atoms with Crippen molar-refractivity contribution in [2.75, 3.05) is 51.1 Å². The first-order chi connectivity index (χ1) is 9.08. The molecule has 8 heteroatoms. The van der Waals surface area contributed by atoms with E-state index in [1.807, 2.05) is 7.05 Å². The molecule has 0 amide bonds. The Morgan fingerprint density at radius 1 is 1.32 bits per heavy atom. The molecule has 0 fully saturated rings. The van der Waals surface area contributed by atoms with Crippen LogP contribution < -0.4 is 16.6 Å². The Bertz CT molecular complexity index is 405. The zero-order valence-corrected chi connectivity index (χ0v) is 12.6. The third kappa shape index (κ3) is 5.38. The Hall–Kier alpha value is -0.790. The van der Waals surface area contributed by atoms with Crippen molar-refractivity contribution in [2.45, 2.75) is 0 Å². The summed E-state index contributed by atoms with van der Waals surface area (Å²) in [5.41, 5.74) is 2.42. The molecule has 6 nitrogen and oxygen atoms in total. The first-order valence-electron chi connectivity index (χ1n) is 5.82. The number of hydrogen-bond acceptors (Lipinski definition) is 6. The van der Waals surface area contributed by atoms with Crippen LogP contribution in [0.4, 0.5) is 11.6 Å². The maximum atomic E-state index is 6.05. The fraction of sp³-hybridized carbons (Fsp3) is 0.545. The second-order valence-electron chi connectivity index (χ2n) is 4.02. The van der Waals surface area contributed by atoms with Crippen molar-refractivity contribution in [3.63, 3.8) is 0 Å². The van der Waals surface area contributed by atoms with Crippen LogP contribution in [-0.4, -0.2) is 50.3 Å². The molecular weight excluding hydrogens is 289 g/mol. The van der Waals surface area contributed by atoms with Crippen LogP contribution >= 0.6 is 23.2 Å². The second-order valence-corrected chi connectivity index (χ2v) is 4.83. The summed E-state index contributed by atoms with van der Waals surface area (Å²) < 4.78 is 5.01. The standard InChI is InChI=1S/C11H19Cl2N5O/c1-18(5-6-19-2)4-3-15-10-8(12)7-9(13)11(16-10)17-14/h7H,3-6,14H2,1-2H3,(H2,15,16,17). The highest BCUT2D eigenvalue weighted by Gasteiger charge is 2.08. The van der Waals surface area contributed by atoms with Crippen LogP contribution in [0.5, 0.6) is 0 Å². The molecule has 1 heterocycles. The van der Waals surface area contributed by atoms with E-state index in [2.05, 4.69) is 20.6 Å². The third-order valence-corrected chi connectivity index (χ3v) is 3.11. The molecule has 1 rings (SSSR count). The Morgan fingerprint density at radius 3 is 2.63 bits per heavy atom. The van der Waals surface area contributed by atoms with Crippen LogP contribution in [0.1, 0.15) is 0 Å². The van der Waals surface area contributed by atoms with E-state index in [4.69, 9.17) is 33.8 Å². The zero-order chi connectivity index (χ0) is 14.3. The highest BCUT2D eigenvalue weighted by Crippen LogP contribution is 2.28. The predicted octanol–water partition coefficient (Wildman–Crippen LogP) is 1.66. The summed E-state index contributed by atoms with van der Waals surface area (Å²) in [4.78, 5) is 6.34. The van der Waals surface area contributed by atoms with Gasteiger partial charge in [0.2, 0.25) is 0 Å². The molecule has 0 bridgehead atoms. The number of halogens is 2. The number of hydrogen-bond donors (Lipinski definition) is 3. The molecule has 0 aliphatic heterocycles. The summed E-state index contributed by atoms with van der Waals surface area (Å²) in [6.07, 6.45) is 0. The normalized spacial score (nSPS) is 10.8. The lowest BCUT2D eigenvalue weighted by Gasteiger charge is -2.17. The van der Waals surface area contributed by atoms with E-state index < -0.39 is 0 Å². The van der Waals surface area contributed by atoms with E-state index in [1.165, 1.54) is 0 Å². The maximum absolute atomic E-state index is 6.05. The first kappa shape index (κ1) is 16.3. The van der Waals surface area contributed by atoms with Gasteiger partial charge in [0.15, 0.2) is 5.82 Å². The smallest absolute Gasteiger partial charge is 0.161 e. The average Bonchev–Trinajstić information content (AvgIpc) is 2.38. The quantitative estimate of drug-likeness (QED) is 0.501. The highest BCUT2D eigenvalue weighted by atomic mass is 35.5. The summed E-state index contributed by atoms with van der Waals surface area (Å²) in [5, 5.41) is 3.99. The second kappa shape index (κ2) is 8.39. The molecule has 108 valence electrons. The van der Waals surface area contributed by atoms with Gasteiger partial charge in [-0.25, -0.2) is 10.8 Å². The topological polar surface area (TPSA) is 75.4 Å². The summed E-state index contributed by atoms with van der Waals surface area (Å²) in [6, 6.07) is 1.60. The number of pyridine rings is 1. The first-order valence-corrected chi connectivity index (χ1v) is 6.58. The summed E-state index contributed by atoms with van der Waals surface area (Å²) >= 11 is 11.9. The number of nitrogens with zero attached hydrogens (tertiary/aromatic N) is 2. The Morgan fingerprint density at radius 2 is 2.00 bits per heavy atom. The molecule has 0 aliphatic rings. The van der Waals surface area contributed by atoms with Crippen molar-refractivity contribution in [2.24, 2.45) is 5.84 Å². The van der Waals surface area contributed by atoms with E-state index in [9.17, 15) is 0 Å². The maximum Gasteiger partial charge on any atom is 0.161 e. The van der Waals surface area contributed by atoms with Crippen molar-refractivity contribution >= 4 is 34.8 Å². The van der Waals surface area contributed by atoms with E-state index in [-0.39, 0.29) is 0 Å². The number of nitrogen functional groups attached to an aromatic ring is 1. The van der Waals surface area contributed by atoms with Gasteiger partial charge in [0.25, 0.3) is 0 Å². The fourth-order valence-electron chi connectivity index (χ4n) is 1.42. The highest BCUT2D eigenvalue weighted by molar-refractivity contribution is 6.37. The summed E-state index contributed by atoms with van der Waals surface area (Å²) in [5.74, 6) is 6.26. The van der Waals surface area contributed by atoms with Gasteiger partial charge in [-0.3, -0.25) is 0 Å². The van der Waals surface area contributed by atoms with Gasteiger partial charge < -0.3 is 20.4 Å². The lowest BCUT2D eigenvalue weighted by Crippen LogP contribution is -2.28. The van der Waals surface area contributed by atoms with Gasteiger partial charge in [0.1, 0.15) is 5.82 Å². The van der Waals surface area contributed by atoms with Gasteiger partial charge in [-0.2, -0.15) is 0 Å². The van der Waals surface area contributed by atoms with Crippen molar-refractivity contribution in [1.29, 1.82) is 0 Å². The molecule has 0 aliphatic carbocycles. The van der Waals surface area contributed by atoms with Crippen molar-refractivity contribution in [1.82, 2.24) is 9.88 Å². The number of nitrogens with two attached hydrogens (primary N) is 1. The Labute approximate surface area is 123 Å². The lowest BCUT2D eigenvalue weighted by molar-refractivity contribution is 0.163. The van der Waals surface area contributed by atoms with Gasteiger partial charge in [-0.05, 0) is 13.1 Å². The average molecular weight is 308 g/mol. The van der Waals surface area contributed by atoms with Crippen molar-refractivity contribution in [3.8, 4) is 0 Å². The molecule has 1 aromatic rings. The molecule has 0 saturated heterocycles. The van der Waals surface area contributed by atoms with Crippen LogP contribution in [0, 0.1) is 0 Å². The molecule has 0 unspecified atom stereocenters. The van der Waals surface area contributed by atoms with E-state index in [1.54, 1.807) is 13.2 Å². The largest absolute Gasteiger partial charge is 0.383 e. The molecule has 0 radical (unpaired) electrons. The molecule has 0 saturated carbocycles. The van der Waals surface area contributed by atoms with E-state index in [0.29, 0.717) is 34.8 Å². The zero-order valence-electron chi connectivity index (χ0n) is 11.0. The van der Waals surface area contributed by atoms with Crippen molar-refractivity contribution in [3.05, 3.63) is 16.1 Å². The van der Waals surface area contributed by atoms with Crippen molar-refractivity contribution < 1.29 is 4.74 Å². The van der Waals surface area contributed by atoms with E-state index in [0.717, 1.165) is 13.1 Å². The van der Waals surface area contributed by atoms with Gasteiger partial charge >= 0.3 is 0 Å². The molecule has 4 N–H and O–H groups in total. The molecular formula is C11H19Cl2N5O. The van der Waals surface area contributed by atoms with Gasteiger partial charge in [-0.1, -0.05) is 23.2 Å². The van der Waals surface area contributed by atoms with E-state index >= 15 is 0 Å². The minimum atomic E-state index is 0.385. The van der Waals surface area contributed by atoms with Gasteiger partial charge in [0, 0.05) is 26.7 Å². The predicted molar refractivity (Wildman–Crippen MR) is 79.9 cm³/mol. The number of aromatic nitrogens is 1. The van der Waals surface area contributed by atoms with Crippen LogP contribution in [0.25, 0.3) is 0 Å². The Balaban J connectivity index is 2.49. The van der Waals surface area contributed by atoms with Crippen LogP contribution in [-0.2, 0) is 4.74 Å². The number of hydrazine groups is 1. The molecule has 0 spiro atoms.